The van der Waals surface area contributed by atoms with Crippen LogP contribution in [0, 0.1) is 12.8 Å². The number of aryl methyl sites for hydroxylation is 1. The van der Waals surface area contributed by atoms with E-state index in [0.29, 0.717) is 12.2 Å². The number of hydrogen-bond donors (Lipinski definition) is 2. The number of amides is 1. The smallest absolute Gasteiger partial charge is 0.228 e. The lowest BCUT2D eigenvalue weighted by atomic mass is 9.99. The molecule has 1 N–H and O–H groups in total. The topological polar surface area (TPSA) is 86.3 Å². The molecule has 0 heterocycles. The molecule has 1 atom stereocenters. The fourth-order valence-electron chi connectivity index (χ4n) is 2.22. The lowest BCUT2D eigenvalue weighted by Gasteiger charge is -2.16. The molecule has 24 heavy (non-hydrogen) atoms. The Hall–Kier alpha value is -1.83. The van der Waals surface area contributed by atoms with Gasteiger partial charge in [-0.15, -0.1) is 0 Å². The van der Waals surface area contributed by atoms with Crippen molar-refractivity contribution in [1.82, 2.24) is 0 Å². The summed E-state index contributed by atoms with van der Waals surface area (Å²) in [6.07, 6.45) is 0.523. The predicted octanol–water partition coefficient (Wildman–Crippen LogP) is 2.63. The minimum absolute atomic E-state index is 0.271. The summed E-state index contributed by atoms with van der Waals surface area (Å²) >= 11 is 4.23. The fraction of sp³-hybridized carbons (Fsp3) is 0.235. The highest BCUT2D eigenvalue weighted by Crippen LogP contribution is 2.18. The summed E-state index contributed by atoms with van der Waals surface area (Å²) in [5.74, 6) is -0.297. The molecule has 1 amide bonds. The summed E-state index contributed by atoms with van der Waals surface area (Å²) in [6.45, 7) is 1.99. The molecular weight excluding hydrogens is 346 g/mol. The van der Waals surface area contributed by atoms with Gasteiger partial charge in [0.25, 0.3) is 0 Å². The van der Waals surface area contributed by atoms with Crippen molar-refractivity contribution in [1.29, 1.82) is 0 Å². The van der Waals surface area contributed by atoms with Gasteiger partial charge < -0.3 is 9.87 Å². The first-order valence-corrected chi connectivity index (χ1v) is 9.37. The van der Waals surface area contributed by atoms with Crippen molar-refractivity contribution in [3.63, 3.8) is 0 Å². The summed E-state index contributed by atoms with van der Waals surface area (Å²) in [5, 5.41) is 2.65. The van der Waals surface area contributed by atoms with E-state index in [-0.39, 0.29) is 22.4 Å². The minimum Gasteiger partial charge on any atom is -0.744 e. The van der Waals surface area contributed by atoms with Crippen molar-refractivity contribution in [2.24, 2.45) is 5.92 Å². The Bertz CT molecular complexity index is 817. The minimum atomic E-state index is -4.56. The Kier molecular flexibility index (Phi) is 6.04. The number of carbonyl (C=O) groups excluding carboxylic acids is 1. The van der Waals surface area contributed by atoms with Gasteiger partial charge in [0, 0.05) is 11.4 Å². The van der Waals surface area contributed by atoms with Crippen molar-refractivity contribution in [2.45, 2.75) is 18.2 Å². The standard InChI is InChI=1S/C17H19NO4S2/c1-12-5-7-13(8-6-12)9-14(11-23)17(19)18-15-3-2-4-16(10-15)24(20,21)22/h2-8,10,14,23H,9,11H2,1H3,(H,18,19)(H,20,21,22)/p-1. The molecule has 7 heteroatoms. The monoisotopic (exact) mass is 364 g/mol. The van der Waals surface area contributed by atoms with Crippen LogP contribution in [0.2, 0.25) is 0 Å². The molecule has 2 aromatic carbocycles. The average Bonchev–Trinajstić information content (AvgIpc) is 2.53. The summed E-state index contributed by atoms with van der Waals surface area (Å²) < 4.78 is 33.1. The van der Waals surface area contributed by atoms with E-state index in [9.17, 15) is 17.8 Å². The van der Waals surface area contributed by atoms with Gasteiger partial charge in [0.2, 0.25) is 5.91 Å². The van der Waals surface area contributed by atoms with Crippen LogP contribution < -0.4 is 5.32 Å². The van der Waals surface area contributed by atoms with Crippen LogP contribution in [0.4, 0.5) is 5.69 Å². The molecule has 0 radical (unpaired) electrons. The summed E-state index contributed by atoms with van der Waals surface area (Å²) in [6, 6.07) is 13.2. The first-order valence-electron chi connectivity index (χ1n) is 7.33. The van der Waals surface area contributed by atoms with Crippen molar-refractivity contribution in [3.05, 3.63) is 59.7 Å². The van der Waals surface area contributed by atoms with Gasteiger partial charge >= 0.3 is 0 Å². The largest absolute Gasteiger partial charge is 0.744 e. The highest BCUT2D eigenvalue weighted by atomic mass is 32.2. The Morgan fingerprint density at radius 1 is 1.21 bits per heavy atom. The molecule has 2 aromatic rings. The Morgan fingerprint density at radius 2 is 1.88 bits per heavy atom. The molecule has 5 nitrogen and oxygen atoms in total. The molecule has 0 aliphatic carbocycles. The maximum absolute atomic E-state index is 12.4. The van der Waals surface area contributed by atoms with Crippen LogP contribution in [0.1, 0.15) is 11.1 Å². The van der Waals surface area contributed by atoms with Gasteiger partial charge in [-0.25, -0.2) is 8.42 Å². The van der Waals surface area contributed by atoms with Gasteiger partial charge in [-0.3, -0.25) is 4.79 Å². The highest BCUT2D eigenvalue weighted by Gasteiger charge is 2.18. The highest BCUT2D eigenvalue weighted by molar-refractivity contribution is 7.85. The van der Waals surface area contributed by atoms with Crippen LogP contribution in [0.3, 0.4) is 0 Å². The van der Waals surface area contributed by atoms with Crippen LogP contribution in [0.15, 0.2) is 53.4 Å². The number of carbonyl (C=O) groups is 1. The molecule has 0 bridgehead atoms. The van der Waals surface area contributed by atoms with Crippen LogP contribution in [-0.2, 0) is 21.3 Å². The first kappa shape index (κ1) is 18.5. The molecule has 1 unspecified atom stereocenters. The van der Waals surface area contributed by atoms with E-state index in [0.717, 1.165) is 17.2 Å². The molecule has 2 rings (SSSR count). The zero-order valence-corrected chi connectivity index (χ0v) is 14.8. The number of anilines is 1. The molecule has 128 valence electrons. The normalized spacial score (nSPS) is 12.6. The first-order chi connectivity index (χ1) is 11.3. The molecule has 0 aliphatic rings. The van der Waals surface area contributed by atoms with E-state index in [4.69, 9.17) is 0 Å². The maximum Gasteiger partial charge on any atom is 0.228 e. The van der Waals surface area contributed by atoms with Crippen molar-refractivity contribution in [3.8, 4) is 0 Å². The molecule has 0 fully saturated rings. The molecule has 0 spiro atoms. The molecule has 0 aromatic heterocycles. The third-order valence-corrected chi connectivity index (χ3v) is 4.86. The second-order valence-electron chi connectivity index (χ2n) is 5.54. The van der Waals surface area contributed by atoms with Crippen molar-refractivity contribution >= 4 is 34.3 Å². The third kappa shape index (κ3) is 5.09. The van der Waals surface area contributed by atoms with Gasteiger partial charge in [-0.1, -0.05) is 35.9 Å². The lowest BCUT2D eigenvalue weighted by Crippen LogP contribution is -2.26. The van der Waals surface area contributed by atoms with Crippen LogP contribution in [0.5, 0.6) is 0 Å². The fourth-order valence-corrected chi connectivity index (χ4v) is 3.03. The van der Waals surface area contributed by atoms with Gasteiger partial charge in [0.15, 0.2) is 0 Å². The van der Waals surface area contributed by atoms with Crippen LogP contribution in [-0.4, -0.2) is 24.6 Å². The number of rotatable bonds is 6. The third-order valence-electron chi connectivity index (χ3n) is 3.58. The van der Waals surface area contributed by atoms with E-state index in [1.165, 1.54) is 18.2 Å². The molecular formula is C17H18NO4S2-. The molecule has 0 saturated heterocycles. The Labute approximate surface area is 147 Å². The van der Waals surface area contributed by atoms with E-state index in [1.807, 2.05) is 31.2 Å². The summed E-state index contributed by atoms with van der Waals surface area (Å²) in [7, 11) is -4.56. The summed E-state index contributed by atoms with van der Waals surface area (Å²) in [4.78, 5) is 12.0. The maximum atomic E-state index is 12.4. The van der Waals surface area contributed by atoms with E-state index < -0.39 is 10.1 Å². The number of thiol groups is 1. The predicted molar refractivity (Wildman–Crippen MR) is 95.3 cm³/mol. The number of hydrogen-bond acceptors (Lipinski definition) is 5. The summed E-state index contributed by atoms with van der Waals surface area (Å²) in [5.41, 5.74) is 2.43. The van der Waals surface area contributed by atoms with Crippen LogP contribution in [0.25, 0.3) is 0 Å². The Balaban J connectivity index is 2.10. The van der Waals surface area contributed by atoms with Gasteiger partial charge in [0.05, 0.1) is 10.8 Å². The van der Waals surface area contributed by atoms with E-state index in [1.54, 1.807) is 0 Å². The van der Waals surface area contributed by atoms with Crippen LogP contribution >= 0.6 is 12.6 Å². The SMILES string of the molecule is Cc1ccc(CC(CS)C(=O)Nc2cccc(S(=O)(=O)[O-])c2)cc1. The molecule has 0 saturated carbocycles. The lowest BCUT2D eigenvalue weighted by molar-refractivity contribution is -0.119. The number of nitrogens with one attached hydrogen (secondary N) is 1. The van der Waals surface area contributed by atoms with E-state index >= 15 is 0 Å². The quantitative estimate of drug-likeness (QED) is 0.609. The second-order valence-corrected chi connectivity index (χ2v) is 7.29. The van der Waals surface area contributed by atoms with E-state index in [2.05, 4.69) is 17.9 Å². The zero-order valence-electron chi connectivity index (χ0n) is 13.1. The van der Waals surface area contributed by atoms with Crippen molar-refractivity contribution in [2.75, 3.05) is 11.1 Å². The second kappa shape index (κ2) is 7.83. The van der Waals surface area contributed by atoms with Crippen molar-refractivity contribution < 1.29 is 17.8 Å². The Morgan fingerprint density at radius 3 is 2.46 bits per heavy atom. The molecule has 0 aliphatic heterocycles. The van der Waals surface area contributed by atoms with Gasteiger partial charge in [0.1, 0.15) is 10.1 Å². The van der Waals surface area contributed by atoms with Gasteiger partial charge in [-0.05, 0) is 37.1 Å². The van der Waals surface area contributed by atoms with Gasteiger partial charge in [-0.2, -0.15) is 12.6 Å². The number of benzene rings is 2. The zero-order chi connectivity index (χ0) is 17.7. The average molecular weight is 364 g/mol.